The van der Waals surface area contributed by atoms with Crippen LogP contribution in [0.25, 0.3) is 5.69 Å². The van der Waals surface area contributed by atoms with Crippen LogP contribution in [0.1, 0.15) is 34.1 Å². The second-order valence-corrected chi connectivity index (χ2v) is 6.62. The number of amides is 1. The Morgan fingerprint density at radius 3 is 2.64 bits per heavy atom. The fourth-order valence-corrected chi connectivity index (χ4v) is 2.95. The van der Waals surface area contributed by atoms with E-state index in [0.29, 0.717) is 18.0 Å². The Bertz CT molecular complexity index is 1340. The minimum Gasteiger partial charge on any atom is -0.494 e. The maximum atomic E-state index is 12.7. The summed E-state index contributed by atoms with van der Waals surface area (Å²) in [5.74, 6) is -0.206. The molecule has 0 fully saturated rings. The lowest BCUT2D eigenvalue weighted by Crippen LogP contribution is -2.31. The molecule has 11 nitrogen and oxygen atoms in total. The summed E-state index contributed by atoms with van der Waals surface area (Å²) in [7, 11) is 0. The van der Waals surface area contributed by atoms with Crippen LogP contribution in [0.5, 0.6) is 5.75 Å². The van der Waals surface area contributed by atoms with Gasteiger partial charge < -0.3 is 4.74 Å². The van der Waals surface area contributed by atoms with Crippen LogP contribution in [0.15, 0.2) is 58.4 Å². The third-order valence-electron chi connectivity index (χ3n) is 4.56. The van der Waals surface area contributed by atoms with E-state index < -0.39 is 16.4 Å². The van der Waals surface area contributed by atoms with Gasteiger partial charge in [0, 0.05) is 11.6 Å². The van der Waals surface area contributed by atoms with Gasteiger partial charge in [-0.3, -0.25) is 19.7 Å². The number of ether oxygens (including phenoxy) is 1. The van der Waals surface area contributed by atoms with Gasteiger partial charge >= 0.3 is 0 Å². The number of hydrazone groups is 1. The summed E-state index contributed by atoms with van der Waals surface area (Å²) < 4.78 is 6.32. The largest absolute Gasteiger partial charge is 0.494 e. The minimum atomic E-state index is -0.793. The molecule has 1 amide bonds. The van der Waals surface area contributed by atoms with Crippen molar-refractivity contribution in [1.82, 2.24) is 15.2 Å². The summed E-state index contributed by atoms with van der Waals surface area (Å²) in [5.41, 5.74) is 1.53. The van der Waals surface area contributed by atoms with E-state index in [-0.39, 0.29) is 28.1 Å². The van der Waals surface area contributed by atoms with Crippen LogP contribution in [0.2, 0.25) is 0 Å². The van der Waals surface area contributed by atoms with Gasteiger partial charge in [0.2, 0.25) is 0 Å². The lowest BCUT2D eigenvalue weighted by molar-refractivity contribution is -0.385. The lowest BCUT2D eigenvalue weighted by Gasteiger charge is -2.11. The molecule has 1 aromatic heterocycles. The zero-order chi connectivity index (χ0) is 24.0. The quantitative estimate of drug-likeness (QED) is 0.332. The summed E-state index contributed by atoms with van der Waals surface area (Å²) in [4.78, 5) is 36.0. The predicted molar refractivity (Wildman–Crippen MR) is 119 cm³/mol. The first-order valence-corrected chi connectivity index (χ1v) is 9.71. The van der Waals surface area contributed by atoms with E-state index in [9.17, 15) is 25.0 Å². The van der Waals surface area contributed by atoms with Crippen LogP contribution in [0.4, 0.5) is 5.69 Å². The summed E-state index contributed by atoms with van der Waals surface area (Å²) in [6.45, 7) is 3.73. The highest BCUT2D eigenvalue weighted by atomic mass is 16.6. The standard InChI is InChI=1S/C22H18N6O5/c1-3-33-17-10-8-16(9-11-17)27-22(30)18(12-23)14(2)20(26-27)21(29)25-24-13-15-6-4-5-7-19(15)28(31)32/h4-11,13H,3H2,1-2H3,(H,25,29)/b24-13+. The maximum absolute atomic E-state index is 12.7. The van der Waals surface area contributed by atoms with E-state index in [0.717, 1.165) is 10.9 Å². The summed E-state index contributed by atoms with van der Waals surface area (Å²) in [6.07, 6.45) is 1.12. The molecule has 0 atom stereocenters. The lowest BCUT2D eigenvalue weighted by atomic mass is 10.1. The molecule has 3 aromatic rings. The molecule has 0 aliphatic heterocycles. The Morgan fingerprint density at radius 2 is 2.00 bits per heavy atom. The molecule has 1 heterocycles. The van der Waals surface area contributed by atoms with Gasteiger partial charge in [0.05, 0.1) is 29.0 Å². The molecule has 0 saturated heterocycles. The average molecular weight is 446 g/mol. The van der Waals surface area contributed by atoms with E-state index in [2.05, 4.69) is 15.6 Å². The molecule has 33 heavy (non-hydrogen) atoms. The topological polar surface area (TPSA) is 153 Å². The molecule has 0 aliphatic rings. The van der Waals surface area contributed by atoms with E-state index in [1.807, 2.05) is 13.0 Å². The zero-order valence-corrected chi connectivity index (χ0v) is 17.7. The fraction of sp³-hybridized carbons (Fsp3) is 0.136. The van der Waals surface area contributed by atoms with Crippen molar-refractivity contribution in [2.45, 2.75) is 13.8 Å². The van der Waals surface area contributed by atoms with Gasteiger partial charge in [-0.1, -0.05) is 12.1 Å². The Balaban J connectivity index is 1.95. The van der Waals surface area contributed by atoms with Crippen LogP contribution in [-0.2, 0) is 0 Å². The SMILES string of the molecule is CCOc1ccc(-n2nc(C(=O)N/N=C/c3ccccc3[N+](=O)[O-])c(C)c(C#N)c2=O)cc1. The van der Waals surface area contributed by atoms with Crippen molar-refractivity contribution in [2.75, 3.05) is 6.61 Å². The van der Waals surface area contributed by atoms with Crippen molar-refractivity contribution < 1.29 is 14.5 Å². The number of benzene rings is 2. The number of nitrogens with one attached hydrogen (secondary N) is 1. The van der Waals surface area contributed by atoms with Crippen LogP contribution < -0.4 is 15.7 Å². The smallest absolute Gasteiger partial charge is 0.292 e. The molecule has 0 bridgehead atoms. The number of nitro benzene ring substituents is 1. The molecule has 3 rings (SSSR count). The number of para-hydroxylation sites is 1. The van der Waals surface area contributed by atoms with Crippen LogP contribution >= 0.6 is 0 Å². The molecule has 166 valence electrons. The number of nitrogens with zero attached hydrogens (tertiary/aromatic N) is 5. The van der Waals surface area contributed by atoms with Crippen molar-refractivity contribution in [3.05, 3.63) is 91.4 Å². The predicted octanol–water partition coefficient (Wildman–Crippen LogP) is 2.48. The third-order valence-corrected chi connectivity index (χ3v) is 4.56. The number of nitriles is 1. The zero-order valence-electron chi connectivity index (χ0n) is 17.7. The number of carbonyl (C=O) groups excluding carboxylic acids is 1. The van der Waals surface area contributed by atoms with Crippen molar-refractivity contribution >= 4 is 17.8 Å². The fourth-order valence-electron chi connectivity index (χ4n) is 2.95. The Kier molecular flexibility index (Phi) is 6.90. The summed E-state index contributed by atoms with van der Waals surface area (Å²) in [6, 6.07) is 14.1. The van der Waals surface area contributed by atoms with E-state index in [1.165, 1.54) is 25.1 Å². The molecule has 1 N–H and O–H groups in total. The van der Waals surface area contributed by atoms with Gasteiger partial charge in [0.1, 0.15) is 17.4 Å². The molecule has 0 radical (unpaired) electrons. The molecular formula is C22H18N6O5. The molecule has 0 aliphatic carbocycles. The van der Waals surface area contributed by atoms with Crippen molar-refractivity contribution in [1.29, 1.82) is 5.26 Å². The van der Waals surface area contributed by atoms with Crippen molar-refractivity contribution in [2.24, 2.45) is 5.10 Å². The van der Waals surface area contributed by atoms with Gasteiger partial charge in [-0.15, -0.1) is 0 Å². The monoisotopic (exact) mass is 446 g/mol. The van der Waals surface area contributed by atoms with Crippen LogP contribution in [-0.4, -0.2) is 33.4 Å². The summed E-state index contributed by atoms with van der Waals surface area (Å²) in [5, 5.41) is 28.4. The molecular weight excluding hydrogens is 428 g/mol. The minimum absolute atomic E-state index is 0.0862. The number of nitro groups is 1. The molecule has 11 heteroatoms. The molecule has 0 spiro atoms. The van der Waals surface area contributed by atoms with Gasteiger partial charge in [-0.2, -0.15) is 20.1 Å². The highest BCUT2D eigenvalue weighted by Gasteiger charge is 2.20. The Morgan fingerprint density at radius 1 is 1.30 bits per heavy atom. The normalized spacial score (nSPS) is 10.6. The molecule has 2 aromatic carbocycles. The highest BCUT2D eigenvalue weighted by molar-refractivity contribution is 5.95. The average Bonchev–Trinajstić information content (AvgIpc) is 2.80. The maximum Gasteiger partial charge on any atom is 0.292 e. The highest BCUT2D eigenvalue weighted by Crippen LogP contribution is 2.16. The second-order valence-electron chi connectivity index (χ2n) is 6.62. The molecule has 0 unspecified atom stereocenters. The number of carbonyl (C=O) groups is 1. The van der Waals surface area contributed by atoms with Crippen molar-refractivity contribution in [3.63, 3.8) is 0 Å². The number of rotatable bonds is 7. The van der Waals surface area contributed by atoms with E-state index in [1.54, 1.807) is 30.3 Å². The summed E-state index contributed by atoms with van der Waals surface area (Å²) >= 11 is 0. The first-order valence-electron chi connectivity index (χ1n) is 9.71. The van der Waals surface area contributed by atoms with Gasteiger partial charge in [0.15, 0.2) is 5.69 Å². The first-order chi connectivity index (χ1) is 15.9. The van der Waals surface area contributed by atoms with Gasteiger partial charge in [0.25, 0.3) is 17.2 Å². The first kappa shape index (κ1) is 22.8. The van der Waals surface area contributed by atoms with E-state index in [4.69, 9.17) is 4.74 Å². The molecule has 0 saturated carbocycles. The Hall–Kier alpha value is -4.85. The van der Waals surface area contributed by atoms with Gasteiger partial charge in [-0.05, 0) is 44.2 Å². The number of aromatic nitrogens is 2. The second kappa shape index (κ2) is 9.97. The number of hydrogen-bond acceptors (Lipinski definition) is 8. The number of hydrogen-bond donors (Lipinski definition) is 1. The van der Waals surface area contributed by atoms with E-state index >= 15 is 0 Å². The van der Waals surface area contributed by atoms with Gasteiger partial charge in [-0.25, -0.2) is 5.43 Å². The van der Waals surface area contributed by atoms with Crippen LogP contribution in [0, 0.1) is 28.4 Å². The Labute approximate surface area is 187 Å². The van der Waals surface area contributed by atoms with Crippen molar-refractivity contribution in [3.8, 4) is 17.5 Å². The third kappa shape index (κ3) is 4.91. The van der Waals surface area contributed by atoms with Crippen LogP contribution in [0.3, 0.4) is 0 Å².